The van der Waals surface area contributed by atoms with Gasteiger partial charge in [-0.05, 0) is 54.1 Å². The number of hydrogen-bond donors (Lipinski definition) is 1. The summed E-state index contributed by atoms with van der Waals surface area (Å²) >= 11 is 0. The number of amides is 1. The van der Waals surface area contributed by atoms with Gasteiger partial charge in [-0.2, -0.15) is 0 Å². The van der Waals surface area contributed by atoms with Gasteiger partial charge in [0.2, 0.25) is 0 Å². The molecule has 0 saturated carbocycles. The molecule has 4 rings (SSSR count). The van der Waals surface area contributed by atoms with Gasteiger partial charge in [0.15, 0.2) is 0 Å². The van der Waals surface area contributed by atoms with Crippen molar-refractivity contribution in [1.82, 2.24) is 9.88 Å². The molecular formula is C25H21FN2O5. The number of ether oxygens (including phenoxy) is 2. The Morgan fingerprint density at radius 1 is 1.09 bits per heavy atom. The Morgan fingerprint density at radius 3 is 2.48 bits per heavy atom. The minimum absolute atomic E-state index is 0.0731. The zero-order valence-corrected chi connectivity index (χ0v) is 18.0. The fourth-order valence-electron chi connectivity index (χ4n) is 3.87. The first kappa shape index (κ1) is 22.0. The van der Waals surface area contributed by atoms with Crippen LogP contribution < -0.4 is 9.47 Å². The van der Waals surface area contributed by atoms with Gasteiger partial charge in [0, 0.05) is 30.1 Å². The van der Waals surface area contributed by atoms with Crippen molar-refractivity contribution in [3.05, 3.63) is 95.1 Å². The van der Waals surface area contributed by atoms with Gasteiger partial charge < -0.3 is 19.5 Å². The molecule has 1 atom stereocenters. The summed E-state index contributed by atoms with van der Waals surface area (Å²) in [6.07, 6.45) is 3.20. The van der Waals surface area contributed by atoms with Crippen molar-refractivity contribution in [3.8, 4) is 11.5 Å². The number of methoxy groups -OCH3 is 2. The number of ketones is 1. The lowest BCUT2D eigenvalue weighted by Gasteiger charge is -2.27. The second-order valence-corrected chi connectivity index (χ2v) is 7.40. The van der Waals surface area contributed by atoms with E-state index in [1.807, 2.05) is 0 Å². The van der Waals surface area contributed by atoms with E-state index >= 15 is 0 Å². The average Bonchev–Trinajstić information content (AvgIpc) is 3.09. The van der Waals surface area contributed by atoms with Gasteiger partial charge in [-0.1, -0.05) is 6.07 Å². The van der Waals surface area contributed by atoms with Crippen LogP contribution in [-0.2, 0) is 16.1 Å². The molecule has 1 aromatic heterocycles. The monoisotopic (exact) mass is 448 g/mol. The summed E-state index contributed by atoms with van der Waals surface area (Å²) in [6.45, 7) is 0.0731. The normalized spacial score (nSPS) is 17.3. The molecule has 1 N–H and O–H groups in total. The zero-order valence-electron chi connectivity index (χ0n) is 18.0. The van der Waals surface area contributed by atoms with Crippen LogP contribution in [0.25, 0.3) is 5.76 Å². The summed E-state index contributed by atoms with van der Waals surface area (Å²) < 4.78 is 24.3. The van der Waals surface area contributed by atoms with E-state index in [1.54, 1.807) is 42.7 Å². The third-order valence-electron chi connectivity index (χ3n) is 5.46. The largest absolute Gasteiger partial charge is 0.507 e. The third-order valence-corrected chi connectivity index (χ3v) is 5.46. The van der Waals surface area contributed by atoms with Crippen molar-refractivity contribution in [2.24, 2.45) is 0 Å². The number of pyridine rings is 1. The average molecular weight is 448 g/mol. The smallest absolute Gasteiger partial charge is 0.295 e. The molecule has 2 heterocycles. The summed E-state index contributed by atoms with van der Waals surface area (Å²) in [5, 5.41) is 11.1. The van der Waals surface area contributed by atoms with Crippen LogP contribution in [0.5, 0.6) is 11.5 Å². The predicted molar refractivity (Wildman–Crippen MR) is 118 cm³/mol. The number of aliphatic hydroxyl groups excluding tert-OH is 1. The SMILES string of the molecule is COc1ccc(OC)c([C@@H]2/C(=C(\O)c3ccc(F)cc3)C(=O)C(=O)N2Cc2cccnc2)c1. The first-order valence-electron chi connectivity index (χ1n) is 10.1. The Bertz CT molecular complexity index is 1230. The fourth-order valence-corrected chi connectivity index (χ4v) is 3.87. The molecule has 0 spiro atoms. The summed E-state index contributed by atoms with van der Waals surface area (Å²) in [4.78, 5) is 31.7. The number of hydrogen-bond acceptors (Lipinski definition) is 6. The number of halogens is 1. The molecule has 3 aromatic rings. The highest BCUT2D eigenvalue weighted by Gasteiger charge is 2.47. The van der Waals surface area contributed by atoms with Gasteiger partial charge in [-0.3, -0.25) is 14.6 Å². The van der Waals surface area contributed by atoms with Crippen molar-refractivity contribution in [2.75, 3.05) is 14.2 Å². The van der Waals surface area contributed by atoms with Crippen LogP contribution in [0.3, 0.4) is 0 Å². The van der Waals surface area contributed by atoms with Crippen LogP contribution in [0, 0.1) is 5.82 Å². The van der Waals surface area contributed by atoms with Gasteiger partial charge >= 0.3 is 0 Å². The Balaban J connectivity index is 1.93. The molecule has 0 bridgehead atoms. The fraction of sp³-hybridized carbons (Fsp3) is 0.160. The predicted octanol–water partition coefficient (Wildman–Crippen LogP) is 3.86. The van der Waals surface area contributed by atoms with E-state index < -0.39 is 29.3 Å². The van der Waals surface area contributed by atoms with Gasteiger partial charge in [-0.25, -0.2) is 4.39 Å². The zero-order chi connectivity index (χ0) is 23.5. The van der Waals surface area contributed by atoms with E-state index in [2.05, 4.69) is 4.98 Å². The summed E-state index contributed by atoms with van der Waals surface area (Å²) in [6, 6.07) is 12.6. The second kappa shape index (κ2) is 9.12. The first-order valence-corrected chi connectivity index (χ1v) is 10.1. The second-order valence-electron chi connectivity index (χ2n) is 7.40. The number of nitrogens with zero attached hydrogens (tertiary/aromatic N) is 2. The summed E-state index contributed by atoms with van der Waals surface area (Å²) in [7, 11) is 2.97. The van der Waals surface area contributed by atoms with E-state index in [0.29, 0.717) is 22.6 Å². The van der Waals surface area contributed by atoms with E-state index in [0.717, 1.165) is 0 Å². The molecule has 7 nitrogen and oxygen atoms in total. The highest BCUT2D eigenvalue weighted by Crippen LogP contribution is 2.44. The summed E-state index contributed by atoms with van der Waals surface area (Å²) in [5.74, 6) is -1.64. The highest BCUT2D eigenvalue weighted by molar-refractivity contribution is 6.46. The number of rotatable bonds is 6. The number of Topliss-reactive ketones (excluding diaryl/α,β-unsaturated/α-hetero) is 1. The highest BCUT2D eigenvalue weighted by atomic mass is 19.1. The molecule has 33 heavy (non-hydrogen) atoms. The van der Waals surface area contributed by atoms with E-state index in [9.17, 15) is 19.1 Å². The van der Waals surface area contributed by atoms with Crippen molar-refractivity contribution >= 4 is 17.4 Å². The number of aromatic nitrogens is 1. The molecule has 1 saturated heterocycles. The van der Waals surface area contributed by atoms with Gasteiger partial charge in [0.25, 0.3) is 11.7 Å². The van der Waals surface area contributed by atoms with E-state index in [1.165, 1.54) is 43.4 Å². The maximum Gasteiger partial charge on any atom is 0.295 e. The van der Waals surface area contributed by atoms with Crippen LogP contribution in [-0.4, -0.2) is 40.9 Å². The minimum atomic E-state index is -0.972. The molecule has 1 aliphatic rings. The van der Waals surface area contributed by atoms with Crippen LogP contribution in [0.4, 0.5) is 4.39 Å². The standard InChI is InChI=1S/C25H21FN2O5/c1-32-18-9-10-20(33-2)19(12-18)22-21(23(29)16-5-7-17(26)8-6-16)24(30)25(31)28(22)14-15-4-3-11-27-13-15/h3-13,22,29H,14H2,1-2H3/b23-21+/t22-/m1/s1. The van der Waals surface area contributed by atoms with Gasteiger partial charge in [0.05, 0.1) is 25.8 Å². The maximum atomic E-state index is 13.4. The van der Waals surface area contributed by atoms with Crippen LogP contribution in [0.1, 0.15) is 22.7 Å². The van der Waals surface area contributed by atoms with Gasteiger partial charge in [-0.15, -0.1) is 0 Å². The van der Waals surface area contributed by atoms with E-state index in [4.69, 9.17) is 9.47 Å². The lowest BCUT2D eigenvalue weighted by atomic mass is 9.94. The van der Waals surface area contributed by atoms with Crippen LogP contribution in [0.2, 0.25) is 0 Å². The quantitative estimate of drug-likeness (QED) is 0.350. The molecule has 1 amide bonds. The lowest BCUT2D eigenvalue weighted by molar-refractivity contribution is -0.140. The van der Waals surface area contributed by atoms with Crippen molar-refractivity contribution in [2.45, 2.75) is 12.6 Å². The molecule has 0 aliphatic carbocycles. The van der Waals surface area contributed by atoms with Crippen LogP contribution in [0.15, 0.2) is 72.6 Å². The first-order chi connectivity index (χ1) is 15.9. The maximum absolute atomic E-state index is 13.4. The molecule has 8 heteroatoms. The third kappa shape index (κ3) is 4.15. The molecular weight excluding hydrogens is 427 g/mol. The minimum Gasteiger partial charge on any atom is -0.507 e. The number of carbonyl (C=O) groups is 2. The molecule has 0 radical (unpaired) electrons. The Kier molecular flexibility index (Phi) is 6.08. The van der Waals surface area contributed by atoms with Crippen molar-refractivity contribution in [1.29, 1.82) is 0 Å². The Hall–Kier alpha value is -4.20. The number of carbonyl (C=O) groups excluding carboxylic acids is 2. The molecule has 1 aliphatic heterocycles. The number of likely N-dealkylation sites (tertiary alicyclic amines) is 1. The van der Waals surface area contributed by atoms with Gasteiger partial charge in [0.1, 0.15) is 23.1 Å². The Morgan fingerprint density at radius 2 is 1.85 bits per heavy atom. The number of aliphatic hydroxyl groups is 1. The lowest BCUT2D eigenvalue weighted by Crippen LogP contribution is -2.29. The van der Waals surface area contributed by atoms with Crippen molar-refractivity contribution in [3.63, 3.8) is 0 Å². The molecule has 168 valence electrons. The van der Waals surface area contributed by atoms with E-state index in [-0.39, 0.29) is 17.7 Å². The van der Waals surface area contributed by atoms with Crippen molar-refractivity contribution < 1.29 is 28.6 Å². The van der Waals surface area contributed by atoms with Crippen LogP contribution >= 0.6 is 0 Å². The Labute approximate surface area is 189 Å². The number of benzene rings is 2. The molecule has 1 fully saturated rings. The summed E-state index contributed by atoms with van der Waals surface area (Å²) in [5.41, 5.74) is 1.25. The topological polar surface area (TPSA) is 89.0 Å². The molecule has 2 aromatic carbocycles. The molecule has 0 unspecified atom stereocenters.